The molecule has 0 N–H and O–H groups in total. The first-order valence-corrected chi connectivity index (χ1v) is 7.10. The summed E-state index contributed by atoms with van der Waals surface area (Å²) in [6.07, 6.45) is 0. The van der Waals surface area contributed by atoms with Crippen LogP contribution in [0.5, 0.6) is 0 Å². The molecule has 0 spiro atoms. The number of rotatable bonds is 3. The predicted octanol–water partition coefficient (Wildman–Crippen LogP) is 2.59. The maximum absolute atomic E-state index is 12.4. The van der Waals surface area contributed by atoms with Crippen molar-refractivity contribution in [3.05, 3.63) is 38.7 Å². The smallest absolute Gasteiger partial charge is 0.330 e. The van der Waals surface area contributed by atoms with Crippen molar-refractivity contribution in [2.24, 2.45) is 0 Å². The molecule has 5 nitrogen and oxygen atoms in total. The number of carbonyl (C=O) groups is 1. The maximum Gasteiger partial charge on any atom is 0.330 e. The van der Waals surface area contributed by atoms with Crippen LogP contribution in [0.3, 0.4) is 0 Å². The van der Waals surface area contributed by atoms with Crippen molar-refractivity contribution in [1.82, 2.24) is 9.78 Å². The Bertz CT molecular complexity index is 724. The molecule has 20 heavy (non-hydrogen) atoms. The van der Waals surface area contributed by atoms with Gasteiger partial charge in [0.15, 0.2) is 6.04 Å². The summed E-state index contributed by atoms with van der Waals surface area (Å²) in [4.78, 5) is 24.2. The van der Waals surface area contributed by atoms with E-state index < -0.39 is 12.0 Å². The number of hydrogen-bond acceptors (Lipinski definition) is 4. The highest BCUT2D eigenvalue weighted by atomic mass is 79.9. The van der Waals surface area contributed by atoms with Crippen LogP contribution >= 0.6 is 15.9 Å². The predicted molar refractivity (Wildman–Crippen MR) is 79.8 cm³/mol. The molecule has 0 radical (unpaired) electrons. The van der Waals surface area contributed by atoms with Gasteiger partial charge in [-0.1, -0.05) is 15.9 Å². The minimum atomic E-state index is -0.741. The molecule has 1 unspecified atom stereocenters. The van der Waals surface area contributed by atoms with Crippen molar-refractivity contribution in [3.8, 4) is 0 Å². The van der Waals surface area contributed by atoms with Crippen molar-refractivity contribution in [2.75, 3.05) is 6.61 Å². The second-order valence-electron chi connectivity index (χ2n) is 4.45. The zero-order chi connectivity index (χ0) is 14.9. The fourth-order valence-corrected chi connectivity index (χ4v) is 2.37. The molecule has 0 aliphatic carbocycles. The van der Waals surface area contributed by atoms with Crippen molar-refractivity contribution >= 4 is 32.7 Å². The molecule has 1 atom stereocenters. The number of fused-ring (bicyclic) bond motifs is 1. The highest BCUT2D eigenvalue weighted by molar-refractivity contribution is 9.10. The number of esters is 1. The molecule has 1 aromatic heterocycles. The second kappa shape index (κ2) is 5.75. The summed E-state index contributed by atoms with van der Waals surface area (Å²) in [5, 5.41) is 5.54. The highest BCUT2D eigenvalue weighted by Gasteiger charge is 2.20. The van der Waals surface area contributed by atoms with E-state index in [2.05, 4.69) is 21.0 Å². The summed E-state index contributed by atoms with van der Waals surface area (Å²) in [5.74, 6) is -0.460. The number of hydrogen-bond donors (Lipinski definition) is 0. The third-order valence-corrected chi connectivity index (χ3v) is 3.56. The molecule has 0 aliphatic heterocycles. The second-order valence-corrected chi connectivity index (χ2v) is 5.37. The monoisotopic (exact) mass is 338 g/mol. The van der Waals surface area contributed by atoms with Crippen molar-refractivity contribution < 1.29 is 9.53 Å². The van der Waals surface area contributed by atoms with Crippen molar-refractivity contribution in [1.29, 1.82) is 0 Å². The van der Waals surface area contributed by atoms with Gasteiger partial charge in [0.05, 0.1) is 17.7 Å². The Morgan fingerprint density at radius 3 is 2.80 bits per heavy atom. The molecule has 0 amide bonds. The third-order valence-electron chi connectivity index (χ3n) is 3.06. The average Bonchev–Trinajstić information content (AvgIpc) is 2.42. The van der Waals surface area contributed by atoms with Crippen LogP contribution in [0.1, 0.15) is 25.6 Å². The Kier molecular flexibility index (Phi) is 4.23. The zero-order valence-corrected chi connectivity index (χ0v) is 13.1. The lowest BCUT2D eigenvalue weighted by Crippen LogP contribution is -2.32. The summed E-state index contributed by atoms with van der Waals surface area (Å²) < 4.78 is 7.00. The van der Waals surface area contributed by atoms with E-state index in [0.29, 0.717) is 11.1 Å². The summed E-state index contributed by atoms with van der Waals surface area (Å²) >= 11 is 3.37. The lowest BCUT2D eigenvalue weighted by Gasteiger charge is -2.14. The van der Waals surface area contributed by atoms with Crippen LogP contribution in [-0.2, 0) is 9.53 Å². The molecule has 1 heterocycles. The van der Waals surface area contributed by atoms with Gasteiger partial charge in [-0.25, -0.2) is 9.48 Å². The molecule has 0 fully saturated rings. The van der Waals surface area contributed by atoms with E-state index in [0.717, 1.165) is 9.86 Å². The van der Waals surface area contributed by atoms with Gasteiger partial charge in [0.1, 0.15) is 0 Å². The van der Waals surface area contributed by atoms with Crippen LogP contribution in [0.25, 0.3) is 10.8 Å². The minimum Gasteiger partial charge on any atom is -0.464 e. The fraction of sp³-hybridized carbons (Fsp3) is 0.357. The molecule has 0 saturated heterocycles. The van der Waals surface area contributed by atoms with E-state index in [1.165, 1.54) is 4.68 Å². The first kappa shape index (κ1) is 14.7. The summed E-state index contributed by atoms with van der Waals surface area (Å²) in [7, 11) is 0. The first-order valence-electron chi connectivity index (χ1n) is 6.31. The Morgan fingerprint density at radius 2 is 2.15 bits per heavy atom. The molecule has 1 aromatic carbocycles. The van der Waals surface area contributed by atoms with Gasteiger partial charge in [-0.15, -0.1) is 0 Å². The molecule has 0 aliphatic rings. The lowest BCUT2D eigenvalue weighted by atomic mass is 10.1. The number of benzene rings is 1. The zero-order valence-electron chi connectivity index (χ0n) is 11.5. The highest BCUT2D eigenvalue weighted by Crippen LogP contribution is 2.19. The van der Waals surface area contributed by atoms with Crippen molar-refractivity contribution in [2.45, 2.75) is 26.8 Å². The van der Waals surface area contributed by atoms with Crippen molar-refractivity contribution in [3.63, 3.8) is 0 Å². The van der Waals surface area contributed by atoms with Gasteiger partial charge < -0.3 is 4.74 Å². The largest absolute Gasteiger partial charge is 0.464 e. The van der Waals surface area contributed by atoms with Crippen LogP contribution in [-0.4, -0.2) is 22.4 Å². The van der Waals surface area contributed by atoms with E-state index in [9.17, 15) is 9.59 Å². The summed E-state index contributed by atoms with van der Waals surface area (Å²) in [6, 6.07) is 4.63. The number of halogens is 1. The topological polar surface area (TPSA) is 61.2 Å². The molecular formula is C14H15BrN2O3. The quantitative estimate of drug-likeness (QED) is 0.807. The normalized spacial score (nSPS) is 12.4. The van der Waals surface area contributed by atoms with Gasteiger partial charge in [-0.3, -0.25) is 4.79 Å². The summed E-state index contributed by atoms with van der Waals surface area (Å²) in [6.45, 7) is 5.42. The molecule has 0 saturated carbocycles. The van der Waals surface area contributed by atoms with Crippen LogP contribution in [0, 0.1) is 6.92 Å². The molecular weight excluding hydrogens is 324 g/mol. The van der Waals surface area contributed by atoms with Gasteiger partial charge in [-0.05, 0) is 39.0 Å². The first-order chi connectivity index (χ1) is 9.45. The van der Waals surface area contributed by atoms with Gasteiger partial charge in [-0.2, -0.15) is 5.10 Å². The fourth-order valence-electron chi connectivity index (χ4n) is 2.01. The van der Waals surface area contributed by atoms with E-state index in [1.807, 2.05) is 13.0 Å². The molecule has 106 valence electrons. The molecule has 0 bridgehead atoms. The molecule has 6 heteroatoms. The van der Waals surface area contributed by atoms with E-state index in [-0.39, 0.29) is 12.2 Å². The average molecular weight is 339 g/mol. The lowest BCUT2D eigenvalue weighted by molar-refractivity contribution is -0.147. The number of aromatic nitrogens is 2. The SMILES string of the molecule is CCOC(=O)C(C)n1nc(C)c2cc(Br)ccc2c1=O. The molecule has 2 aromatic rings. The molecule has 2 rings (SSSR count). The third kappa shape index (κ3) is 2.60. The number of ether oxygens (including phenoxy) is 1. The van der Waals surface area contributed by atoms with Gasteiger partial charge in [0.2, 0.25) is 0 Å². The van der Waals surface area contributed by atoms with Crippen LogP contribution < -0.4 is 5.56 Å². The van der Waals surface area contributed by atoms with Gasteiger partial charge in [0, 0.05) is 9.86 Å². The van der Waals surface area contributed by atoms with Gasteiger partial charge in [0.25, 0.3) is 5.56 Å². The number of nitrogens with zero attached hydrogens (tertiary/aromatic N) is 2. The Balaban J connectivity index is 2.62. The van der Waals surface area contributed by atoms with Crippen LogP contribution in [0.2, 0.25) is 0 Å². The van der Waals surface area contributed by atoms with Crippen LogP contribution in [0.15, 0.2) is 27.5 Å². The summed E-state index contributed by atoms with van der Waals surface area (Å²) in [5.41, 5.74) is 0.399. The Labute approximate surface area is 124 Å². The van der Waals surface area contributed by atoms with E-state index in [1.54, 1.807) is 26.0 Å². The standard InChI is InChI=1S/C14H15BrN2O3/c1-4-20-14(19)9(3)17-13(18)11-6-5-10(15)7-12(11)8(2)16-17/h5-7,9H,4H2,1-3H3. The number of aryl methyl sites for hydroxylation is 1. The van der Waals surface area contributed by atoms with Crippen LogP contribution in [0.4, 0.5) is 0 Å². The Morgan fingerprint density at radius 1 is 1.45 bits per heavy atom. The van der Waals surface area contributed by atoms with E-state index >= 15 is 0 Å². The number of carbonyl (C=O) groups excluding carboxylic acids is 1. The Hall–Kier alpha value is -1.69. The van der Waals surface area contributed by atoms with E-state index in [4.69, 9.17) is 4.74 Å². The maximum atomic E-state index is 12.4. The van der Waals surface area contributed by atoms with Gasteiger partial charge >= 0.3 is 5.97 Å². The minimum absolute atomic E-state index is 0.275.